The van der Waals surface area contributed by atoms with Crippen molar-refractivity contribution in [2.75, 3.05) is 39.8 Å². The summed E-state index contributed by atoms with van der Waals surface area (Å²) in [6.07, 6.45) is -8.52. The van der Waals surface area contributed by atoms with E-state index in [0.29, 0.717) is 16.8 Å². The second kappa shape index (κ2) is 11.6. The van der Waals surface area contributed by atoms with Crippen molar-refractivity contribution in [1.29, 1.82) is 0 Å². The number of nitrogens with one attached hydrogen (secondary N) is 3. The number of hydrogen-bond acceptors (Lipinski definition) is 6. The molecule has 45 heavy (non-hydrogen) atoms. The van der Waals surface area contributed by atoms with Gasteiger partial charge in [0.05, 0.1) is 28.9 Å². The molecule has 0 atom stereocenters. The number of carbonyl (C=O) groups excluding carboxylic acids is 2. The van der Waals surface area contributed by atoms with E-state index in [9.17, 15) is 35.9 Å². The molecular formula is C30H25F6N7O2. The fourth-order valence-corrected chi connectivity index (χ4v) is 4.62. The van der Waals surface area contributed by atoms with Gasteiger partial charge in [-0.25, -0.2) is 9.78 Å². The predicted molar refractivity (Wildman–Crippen MR) is 157 cm³/mol. The van der Waals surface area contributed by atoms with Crippen LogP contribution in [-0.4, -0.2) is 36.0 Å². The van der Waals surface area contributed by atoms with E-state index in [0.717, 1.165) is 11.4 Å². The molecule has 1 aromatic heterocycles. The molecule has 3 aromatic carbocycles. The van der Waals surface area contributed by atoms with Gasteiger partial charge in [-0.05, 0) is 61.0 Å². The first-order valence-corrected chi connectivity index (χ1v) is 13.3. The second-order valence-electron chi connectivity index (χ2n) is 10.4. The van der Waals surface area contributed by atoms with Gasteiger partial charge in [-0.2, -0.15) is 31.3 Å². The van der Waals surface area contributed by atoms with Gasteiger partial charge in [0.15, 0.2) is 0 Å². The van der Waals surface area contributed by atoms with Crippen molar-refractivity contribution in [3.8, 4) is 0 Å². The van der Waals surface area contributed by atoms with Gasteiger partial charge in [0.2, 0.25) is 5.95 Å². The van der Waals surface area contributed by atoms with Crippen LogP contribution in [0.3, 0.4) is 0 Å². The molecule has 0 unspecified atom stereocenters. The Bertz CT molecular complexity index is 1790. The molecule has 0 saturated heterocycles. The maximum absolute atomic E-state index is 13.6. The minimum Gasteiger partial charge on any atom is -0.378 e. The van der Waals surface area contributed by atoms with E-state index in [4.69, 9.17) is 0 Å². The summed E-state index contributed by atoms with van der Waals surface area (Å²) < 4.78 is 80.3. The number of anilines is 6. The Morgan fingerprint density at radius 2 is 1.71 bits per heavy atom. The summed E-state index contributed by atoms with van der Waals surface area (Å²) in [7, 11) is 3.81. The predicted octanol–water partition coefficient (Wildman–Crippen LogP) is 7.44. The fourth-order valence-electron chi connectivity index (χ4n) is 4.62. The lowest BCUT2D eigenvalue weighted by Gasteiger charge is -2.30. The summed E-state index contributed by atoms with van der Waals surface area (Å²) in [6, 6.07) is 11.8. The van der Waals surface area contributed by atoms with Crippen molar-refractivity contribution in [2.24, 2.45) is 0 Å². The van der Waals surface area contributed by atoms with Crippen LogP contribution in [0.4, 0.5) is 65.7 Å². The summed E-state index contributed by atoms with van der Waals surface area (Å²) in [4.78, 5) is 38.0. The Morgan fingerprint density at radius 3 is 2.40 bits per heavy atom. The number of nitrogens with zero attached hydrogens (tertiary/aromatic N) is 4. The van der Waals surface area contributed by atoms with Gasteiger partial charge in [0, 0.05) is 42.9 Å². The average molecular weight is 630 g/mol. The van der Waals surface area contributed by atoms with Gasteiger partial charge in [0.1, 0.15) is 5.82 Å². The summed E-state index contributed by atoms with van der Waals surface area (Å²) in [5.41, 5.74) is -1.07. The van der Waals surface area contributed by atoms with Crippen LogP contribution in [0.25, 0.3) is 0 Å². The minimum atomic E-state index is -5.08. The first kappa shape index (κ1) is 31.1. The molecule has 4 aromatic rings. The van der Waals surface area contributed by atoms with E-state index in [1.807, 2.05) is 43.3 Å². The lowest BCUT2D eigenvalue weighted by Crippen LogP contribution is -2.39. The van der Waals surface area contributed by atoms with Gasteiger partial charge >= 0.3 is 18.4 Å². The molecule has 2 heterocycles. The summed E-state index contributed by atoms with van der Waals surface area (Å²) in [5.74, 6) is -0.891. The molecule has 0 saturated carbocycles. The zero-order valence-corrected chi connectivity index (χ0v) is 23.9. The molecule has 0 fully saturated rings. The standard InChI is InChI=1S/C30H25F6N7O2/c1-16-7-9-20(38-26(44)22-11-18(29(31,32)33)8-10-23(22)30(34,35)36)13-24(16)43-15-17-14-37-27(40-25(17)41-28(43)45)39-19-5-4-6-21(12-19)42(2)3/h4-14H,15H2,1-3H3,(H,38,44)(H2,37,39,40,41,45). The molecule has 0 radical (unpaired) electrons. The number of amides is 3. The highest BCUT2D eigenvalue weighted by atomic mass is 19.4. The van der Waals surface area contributed by atoms with E-state index < -0.39 is 41.0 Å². The third kappa shape index (κ3) is 6.76. The van der Waals surface area contributed by atoms with Crippen LogP contribution < -0.4 is 25.8 Å². The first-order valence-electron chi connectivity index (χ1n) is 13.3. The van der Waals surface area contributed by atoms with Crippen molar-refractivity contribution < 1.29 is 35.9 Å². The number of rotatable bonds is 6. The van der Waals surface area contributed by atoms with E-state index >= 15 is 0 Å². The molecule has 0 spiro atoms. The molecular weight excluding hydrogens is 604 g/mol. The molecule has 0 aliphatic carbocycles. The number of fused-ring (bicyclic) bond motifs is 1. The highest BCUT2D eigenvalue weighted by Crippen LogP contribution is 2.37. The van der Waals surface area contributed by atoms with Crippen molar-refractivity contribution in [3.63, 3.8) is 0 Å². The van der Waals surface area contributed by atoms with Gasteiger partial charge in [-0.1, -0.05) is 12.1 Å². The monoisotopic (exact) mass is 629 g/mol. The number of halogens is 6. The number of aryl methyl sites for hydroxylation is 1. The van der Waals surface area contributed by atoms with Crippen LogP contribution in [0.15, 0.2) is 66.9 Å². The SMILES string of the molecule is Cc1ccc(NC(=O)c2cc(C(F)(F)F)ccc2C(F)(F)F)cc1N1Cc2cnc(Nc3cccc(N(C)C)c3)nc2NC1=O. The molecule has 3 amide bonds. The topological polar surface area (TPSA) is 102 Å². The smallest absolute Gasteiger partial charge is 0.378 e. The largest absolute Gasteiger partial charge is 0.417 e. The van der Waals surface area contributed by atoms with Crippen LogP contribution in [0, 0.1) is 6.92 Å². The van der Waals surface area contributed by atoms with Crippen LogP contribution in [0.1, 0.15) is 32.6 Å². The number of benzene rings is 3. The summed E-state index contributed by atoms with van der Waals surface area (Å²) >= 11 is 0. The molecule has 3 N–H and O–H groups in total. The molecule has 0 bridgehead atoms. The van der Waals surface area contributed by atoms with Crippen molar-refractivity contribution >= 4 is 46.5 Å². The fraction of sp³-hybridized carbons (Fsp3) is 0.200. The maximum atomic E-state index is 13.6. The van der Waals surface area contributed by atoms with Gasteiger partial charge in [0.25, 0.3) is 5.91 Å². The van der Waals surface area contributed by atoms with Crippen LogP contribution in [-0.2, 0) is 18.9 Å². The highest BCUT2D eigenvalue weighted by Gasteiger charge is 2.39. The van der Waals surface area contributed by atoms with Crippen LogP contribution in [0.5, 0.6) is 0 Å². The van der Waals surface area contributed by atoms with Gasteiger partial charge in [-0.15, -0.1) is 0 Å². The molecule has 1 aliphatic rings. The minimum absolute atomic E-state index is 0.0155. The molecule has 1 aliphatic heterocycles. The maximum Gasteiger partial charge on any atom is 0.417 e. The quantitative estimate of drug-likeness (QED) is 0.192. The third-order valence-corrected chi connectivity index (χ3v) is 6.94. The van der Waals surface area contributed by atoms with Crippen LogP contribution in [0.2, 0.25) is 0 Å². The van der Waals surface area contributed by atoms with Gasteiger partial charge in [-0.3, -0.25) is 15.0 Å². The lowest BCUT2D eigenvalue weighted by molar-refractivity contribution is -0.141. The number of carbonyl (C=O) groups is 2. The van der Waals surface area contributed by atoms with E-state index in [1.54, 1.807) is 6.92 Å². The summed E-state index contributed by atoms with van der Waals surface area (Å²) in [6.45, 7) is 1.69. The third-order valence-electron chi connectivity index (χ3n) is 6.94. The second-order valence-corrected chi connectivity index (χ2v) is 10.4. The van der Waals surface area contributed by atoms with Gasteiger partial charge < -0.3 is 15.5 Å². The zero-order chi connectivity index (χ0) is 32.7. The molecule has 234 valence electrons. The van der Waals surface area contributed by atoms with Crippen molar-refractivity contribution in [3.05, 3.63) is 94.7 Å². The number of hydrogen-bond donors (Lipinski definition) is 3. The molecule has 9 nitrogen and oxygen atoms in total. The van der Waals surface area contributed by atoms with E-state index in [1.165, 1.54) is 29.3 Å². The Balaban J connectivity index is 1.38. The summed E-state index contributed by atoms with van der Waals surface area (Å²) in [5, 5.41) is 8.02. The normalized spacial score (nSPS) is 13.2. The number of aromatic nitrogens is 2. The zero-order valence-electron chi connectivity index (χ0n) is 23.9. The Kier molecular flexibility index (Phi) is 8.04. The molecule has 5 rings (SSSR count). The number of urea groups is 1. The van der Waals surface area contributed by atoms with Crippen molar-refractivity contribution in [1.82, 2.24) is 9.97 Å². The first-order chi connectivity index (χ1) is 21.1. The Labute approximate surface area is 252 Å². The van der Waals surface area contributed by atoms with E-state index in [-0.39, 0.29) is 42.2 Å². The Morgan fingerprint density at radius 1 is 0.956 bits per heavy atom. The molecule has 15 heteroatoms. The lowest BCUT2D eigenvalue weighted by atomic mass is 10.0. The average Bonchev–Trinajstić information content (AvgIpc) is 2.96. The Hall–Kier alpha value is -5.34. The van der Waals surface area contributed by atoms with Crippen LogP contribution >= 0.6 is 0 Å². The van der Waals surface area contributed by atoms with E-state index in [2.05, 4.69) is 25.9 Å². The van der Waals surface area contributed by atoms with Crippen molar-refractivity contribution in [2.45, 2.75) is 25.8 Å². The number of alkyl halides is 6. The highest BCUT2D eigenvalue weighted by molar-refractivity contribution is 6.07.